The van der Waals surface area contributed by atoms with Gasteiger partial charge in [-0.05, 0) is 61.4 Å². The number of esters is 1. The van der Waals surface area contributed by atoms with Crippen LogP contribution in [-0.2, 0) is 31.1 Å². The van der Waals surface area contributed by atoms with Gasteiger partial charge in [-0.15, -0.1) is 0 Å². The van der Waals surface area contributed by atoms with Gasteiger partial charge in [0.25, 0.3) is 0 Å². The minimum absolute atomic E-state index is 0.00237. The number of likely N-dealkylation sites (tertiary alicyclic amines) is 1. The molecule has 8 nitrogen and oxygen atoms in total. The lowest BCUT2D eigenvalue weighted by atomic mass is 9.79. The maximum Gasteiger partial charge on any atom is 0.325 e. The van der Waals surface area contributed by atoms with Crippen LogP contribution in [0.2, 0.25) is 0 Å². The van der Waals surface area contributed by atoms with E-state index < -0.39 is 41.2 Å². The Balaban J connectivity index is 1.84. The van der Waals surface area contributed by atoms with Crippen molar-refractivity contribution in [3.05, 3.63) is 70.8 Å². The Morgan fingerprint density at radius 1 is 1.10 bits per heavy atom. The number of halogens is 2. The van der Waals surface area contributed by atoms with Gasteiger partial charge < -0.3 is 25.4 Å². The largest absolute Gasteiger partial charge is 0.462 e. The fraction of sp³-hybridized carbons (Fsp3) is 0.516. The predicted molar refractivity (Wildman–Crippen MR) is 151 cm³/mol. The van der Waals surface area contributed by atoms with Crippen molar-refractivity contribution in [3.8, 4) is 0 Å². The Labute approximate surface area is 240 Å². The van der Waals surface area contributed by atoms with Gasteiger partial charge in [-0.3, -0.25) is 14.4 Å². The van der Waals surface area contributed by atoms with Crippen molar-refractivity contribution in [2.24, 2.45) is 0 Å². The first-order chi connectivity index (χ1) is 19.3. The molecule has 10 heteroatoms. The number of hydrogen-bond donors (Lipinski definition) is 3. The summed E-state index contributed by atoms with van der Waals surface area (Å²) in [4.78, 5) is 39.0. The van der Waals surface area contributed by atoms with Crippen molar-refractivity contribution in [2.45, 2.75) is 83.6 Å². The predicted octanol–water partition coefficient (Wildman–Crippen LogP) is 3.56. The molecule has 41 heavy (non-hydrogen) atoms. The number of ether oxygens (including phenoxy) is 1. The molecule has 224 valence electrons. The van der Waals surface area contributed by atoms with Crippen LogP contribution in [0.3, 0.4) is 0 Å². The average molecular weight is 574 g/mol. The Bertz CT molecular complexity index is 1220. The van der Waals surface area contributed by atoms with Gasteiger partial charge in [-0.1, -0.05) is 38.1 Å². The molecule has 2 aromatic rings. The first-order valence-corrected chi connectivity index (χ1v) is 14.0. The molecule has 1 aliphatic heterocycles. The van der Waals surface area contributed by atoms with E-state index in [0.29, 0.717) is 13.0 Å². The van der Waals surface area contributed by atoms with Crippen LogP contribution in [-0.4, -0.2) is 65.7 Å². The van der Waals surface area contributed by atoms with Crippen molar-refractivity contribution < 1.29 is 33.0 Å². The molecule has 3 atom stereocenters. The molecule has 0 unspecified atom stereocenters. The highest BCUT2D eigenvalue weighted by atomic mass is 19.1. The quantitative estimate of drug-likeness (QED) is 0.335. The summed E-state index contributed by atoms with van der Waals surface area (Å²) in [5, 5.41) is 17.3. The molecule has 1 heterocycles. The highest BCUT2D eigenvalue weighted by molar-refractivity contribution is 5.84. The van der Waals surface area contributed by atoms with E-state index in [9.17, 15) is 28.3 Å². The number of rotatable bonds is 12. The van der Waals surface area contributed by atoms with Gasteiger partial charge in [-0.25, -0.2) is 8.78 Å². The number of piperidine rings is 1. The van der Waals surface area contributed by atoms with E-state index >= 15 is 0 Å². The first-order valence-electron chi connectivity index (χ1n) is 14.0. The van der Waals surface area contributed by atoms with E-state index in [1.807, 2.05) is 24.3 Å². The van der Waals surface area contributed by atoms with E-state index in [0.717, 1.165) is 29.3 Å². The lowest BCUT2D eigenvalue weighted by molar-refractivity contribution is -0.154. The summed E-state index contributed by atoms with van der Waals surface area (Å²) in [5.41, 5.74) is 1.39. The fourth-order valence-electron chi connectivity index (χ4n) is 5.20. The van der Waals surface area contributed by atoms with Crippen LogP contribution in [0, 0.1) is 11.6 Å². The SMILES string of the molecule is CC(=O)N[C@@H](Cc1cc(F)cc(F)c1)[C@H](O)CN[C@@]1(c2cccc(C(C)C)c2)CCN(CC(=O)OC(C)C)C(=O)C1. The maximum atomic E-state index is 13.8. The summed E-state index contributed by atoms with van der Waals surface area (Å²) in [6.45, 7) is 9.08. The highest BCUT2D eigenvalue weighted by Gasteiger charge is 2.41. The number of aliphatic hydroxyl groups is 1. The first kappa shape index (κ1) is 32.1. The number of carbonyl (C=O) groups excluding carboxylic acids is 3. The van der Waals surface area contributed by atoms with Crippen molar-refractivity contribution in [2.75, 3.05) is 19.6 Å². The molecule has 3 rings (SSSR count). The van der Waals surface area contributed by atoms with Crippen LogP contribution in [0.5, 0.6) is 0 Å². The van der Waals surface area contributed by atoms with Crippen molar-refractivity contribution in [3.63, 3.8) is 0 Å². The summed E-state index contributed by atoms with van der Waals surface area (Å²) in [6.07, 6.45) is -0.941. The van der Waals surface area contributed by atoms with Gasteiger partial charge in [0.15, 0.2) is 0 Å². The summed E-state index contributed by atoms with van der Waals surface area (Å²) >= 11 is 0. The van der Waals surface area contributed by atoms with Crippen molar-refractivity contribution >= 4 is 17.8 Å². The number of amides is 2. The molecule has 0 saturated carbocycles. The number of carbonyl (C=O) groups is 3. The monoisotopic (exact) mass is 573 g/mol. The normalized spacial score (nSPS) is 18.9. The van der Waals surface area contributed by atoms with Crippen LogP contribution in [0.25, 0.3) is 0 Å². The molecule has 2 aromatic carbocycles. The molecule has 1 aliphatic rings. The minimum Gasteiger partial charge on any atom is -0.462 e. The molecular weight excluding hydrogens is 532 g/mol. The van der Waals surface area contributed by atoms with Gasteiger partial charge in [0, 0.05) is 32.5 Å². The van der Waals surface area contributed by atoms with Gasteiger partial charge in [0.2, 0.25) is 11.8 Å². The fourth-order valence-corrected chi connectivity index (χ4v) is 5.20. The number of nitrogens with one attached hydrogen (secondary N) is 2. The number of aliphatic hydroxyl groups excluding tert-OH is 1. The zero-order valence-corrected chi connectivity index (χ0v) is 24.4. The molecule has 0 aliphatic carbocycles. The zero-order chi connectivity index (χ0) is 30.3. The molecule has 0 bridgehead atoms. The van der Waals surface area contributed by atoms with Crippen LogP contribution < -0.4 is 10.6 Å². The van der Waals surface area contributed by atoms with Gasteiger partial charge in [0.1, 0.15) is 18.2 Å². The highest BCUT2D eigenvalue weighted by Crippen LogP contribution is 2.35. The van der Waals surface area contributed by atoms with E-state index in [4.69, 9.17) is 4.74 Å². The summed E-state index contributed by atoms with van der Waals surface area (Å²) in [7, 11) is 0. The number of hydrogen-bond acceptors (Lipinski definition) is 6. The standard InChI is InChI=1S/C31H41F2N3O5/c1-19(2)23-7-6-8-24(14-23)31(9-10-36(29(39)16-31)18-30(40)41-20(3)4)34-17-28(38)27(35-21(5)37)13-22-11-25(32)15-26(33)12-22/h6-8,11-12,14-15,19-20,27-28,34,38H,9-10,13,16-18H2,1-5H3,(H,35,37)/t27-,28+,31-/m0/s1. The maximum absolute atomic E-state index is 13.8. The van der Waals surface area contributed by atoms with Gasteiger partial charge in [0.05, 0.1) is 23.8 Å². The second kappa shape index (κ2) is 14.0. The van der Waals surface area contributed by atoms with E-state index in [1.165, 1.54) is 11.8 Å². The molecule has 1 saturated heterocycles. The van der Waals surface area contributed by atoms with Crippen LogP contribution in [0.15, 0.2) is 42.5 Å². The molecule has 0 aromatic heterocycles. The van der Waals surface area contributed by atoms with Crippen LogP contribution >= 0.6 is 0 Å². The summed E-state index contributed by atoms with van der Waals surface area (Å²) in [6, 6.07) is 10.2. The van der Waals surface area contributed by atoms with Crippen LogP contribution in [0.1, 0.15) is 70.1 Å². The molecular formula is C31H41F2N3O5. The van der Waals surface area contributed by atoms with Crippen molar-refractivity contribution in [1.29, 1.82) is 0 Å². The lowest BCUT2D eigenvalue weighted by Crippen LogP contribution is -2.57. The molecule has 3 N–H and O–H groups in total. The smallest absolute Gasteiger partial charge is 0.325 e. The molecule has 2 amide bonds. The third kappa shape index (κ3) is 9.06. The Kier molecular flexibility index (Phi) is 11.0. The Hall–Kier alpha value is -3.37. The second-order valence-electron chi connectivity index (χ2n) is 11.4. The van der Waals surface area contributed by atoms with Crippen molar-refractivity contribution in [1.82, 2.24) is 15.5 Å². The minimum atomic E-state index is -1.15. The average Bonchev–Trinajstić information content (AvgIpc) is 2.87. The topological polar surface area (TPSA) is 108 Å². The van der Waals surface area contributed by atoms with E-state index in [1.54, 1.807) is 13.8 Å². The second-order valence-corrected chi connectivity index (χ2v) is 11.4. The van der Waals surface area contributed by atoms with E-state index in [2.05, 4.69) is 24.5 Å². The zero-order valence-electron chi connectivity index (χ0n) is 24.4. The number of benzene rings is 2. The van der Waals surface area contributed by atoms with E-state index in [-0.39, 0.29) is 49.4 Å². The third-order valence-electron chi connectivity index (χ3n) is 7.29. The molecule has 1 fully saturated rings. The summed E-state index contributed by atoms with van der Waals surface area (Å²) in [5.74, 6) is -2.36. The number of nitrogens with zero attached hydrogens (tertiary/aromatic N) is 1. The molecule has 0 radical (unpaired) electrons. The molecule has 0 spiro atoms. The summed E-state index contributed by atoms with van der Waals surface area (Å²) < 4.78 is 32.8. The van der Waals surface area contributed by atoms with Gasteiger partial charge >= 0.3 is 5.97 Å². The third-order valence-corrected chi connectivity index (χ3v) is 7.29. The Morgan fingerprint density at radius 2 is 1.78 bits per heavy atom. The lowest BCUT2D eigenvalue weighted by Gasteiger charge is -2.43. The Morgan fingerprint density at radius 3 is 2.37 bits per heavy atom. The van der Waals surface area contributed by atoms with Gasteiger partial charge in [-0.2, -0.15) is 0 Å². The van der Waals surface area contributed by atoms with Crippen LogP contribution in [0.4, 0.5) is 8.78 Å².